The Morgan fingerprint density at radius 3 is 2.21 bits per heavy atom. The van der Waals surface area contributed by atoms with Crippen LogP contribution in [0.4, 0.5) is 5.82 Å². The van der Waals surface area contributed by atoms with Crippen molar-refractivity contribution in [2.75, 3.05) is 37.6 Å². The quantitative estimate of drug-likeness (QED) is 0.793. The molecule has 0 atom stereocenters. The van der Waals surface area contributed by atoms with Crippen LogP contribution in [-0.4, -0.2) is 70.6 Å². The summed E-state index contributed by atoms with van der Waals surface area (Å²) < 4.78 is 0. The van der Waals surface area contributed by atoms with E-state index in [2.05, 4.69) is 15.1 Å². The van der Waals surface area contributed by atoms with Crippen molar-refractivity contribution in [2.45, 2.75) is 26.8 Å². The van der Waals surface area contributed by atoms with E-state index >= 15 is 0 Å². The highest BCUT2D eigenvalue weighted by molar-refractivity contribution is 5.84. The lowest BCUT2D eigenvalue weighted by Gasteiger charge is -2.36. The lowest BCUT2D eigenvalue weighted by molar-refractivity contribution is -0.141. The lowest BCUT2D eigenvalue weighted by atomic mass is 10.1. The van der Waals surface area contributed by atoms with Crippen molar-refractivity contribution in [3.8, 4) is 11.3 Å². The smallest absolute Gasteiger partial charge is 0.242 e. The second kappa shape index (κ2) is 8.82. The van der Waals surface area contributed by atoms with Crippen LogP contribution in [0.5, 0.6) is 0 Å². The number of hydrogen-bond acceptors (Lipinski definition) is 5. The van der Waals surface area contributed by atoms with Gasteiger partial charge in [0.15, 0.2) is 5.82 Å². The Morgan fingerprint density at radius 2 is 1.68 bits per heavy atom. The first kappa shape index (κ1) is 19.8. The number of anilines is 1. The Kier molecular flexibility index (Phi) is 6.23. The van der Waals surface area contributed by atoms with E-state index in [9.17, 15) is 9.59 Å². The molecule has 1 aromatic carbocycles. The molecule has 1 aromatic heterocycles. The Bertz CT molecular complexity index is 799. The zero-order valence-corrected chi connectivity index (χ0v) is 16.7. The number of nitrogens with zero attached hydrogens (tertiary/aromatic N) is 5. The predicted octanol–water partition coefficient (Wildman–Crippen LogP) is 2.05. The van der Waals surface area contributed by atoms with Crippen LogP contribution in [0.25, 0.3) is 11.3 Å². The summed E-state index contributed by atoms with van der Waals surface area (Å²) in [6.07, 6.45) is 0. The number of carbonyl (C=O) groups excluding carboxylic acids is 2. The molecule has 148 valence electrons. The van der Waals surface area contributed by atoms with Crippen molar-refractivity contribution in [1.29, 1.82) is 0 Å². The van der Waals surface area contributed by atoms with Crippen molar-refractivity contribution < 1.29 is 9.59 Å². The van der Waals surface area contributed by atoms with Gasteiger partial charge in [0.25, 0.3) is 0 Å². The van der Waals surface area contributed by atoms with Crippen LogP contribution in [0.2, 0.25) is 0 Å². The Labute approximate surface area is 166 Å². The maximum atomic E-state index is 12.5. The minimum atomic E-state index is -0.0734. The van der Waals surface area contributed by atoms with Crippen LogP contribution < -0.4 is 4.90 Å². The molecule has 0 N–H and O–H groups in total. The van der Waals surface area contributed by atoms with Gasteiger partial charge in [0, 0.05) is 44.7 Å². The molecule has 3 rings (SSSR count). The molecular formula is C21H27N5O2. The number of aromatic nitrogens is 2. The summed E-state index contributed by atoms with van der Waals surface area (Å²) >= 11 is 0. The van der Waals surface area contributed by atoms with E-state index in [1.54, 1.807) is 4.90 Å². The maximum absolute atomic E-state index is 12.5. The van der Waals surface area contributed by atoms with E-state index in [1.165, 1.54) is 6.92 Å². The molecule has 0 aliphatic carbocycles. The zero-order valence-electron chi connectivity index (χ0n) is 16.7. The third-order valence-corrected chi connectivity index (χ3v) is 5.01. The fraction of sp³-hybridized carbons (Fsp3) is 0.429. The number of carbonyl (C=O) groups is 2. The molecule has 2 amide bonds. The molecule has 2 aromatic rings. The number of rotatable bonds is 5. The predicted molar refractivity (Wildman–Crippen MR) is 109 cm³/mol. The van der Waals surface area contributed by atoms with Crippen molar-refractivity contribution >= 4 is 17.6 Å². The van der Waals surface area contributed by atoms with Gasteiger partial charge in [0.1, 0.15) is 0 Å². The first-order chi connectivity index (χ1) is 13.5. The summed E-state index contributed by atoms with van der Waals surface area (Å²) in [7, 11) is 0. The number of hydrogen-bond donors (Lipinski definition) is 0. The minimum absolute atomic E-state index is 0.00550. The molecule has 1 saturated heterocycles. The molecule has 7 nitrogen and oxygen atoms in total. The van der Waals surface area contributed by atoms with Crippen molar-refractivity contribution in [3.63, 3.8) is 0 Å². The summed E-state index contributed by atoms with van der Waals surface area (Å²) in [5.41, 5.74) is 1.88. The SMILES string of the molecule is CC(=O)N(CC(=O)N1CCN(c2ccc(-c3ccccc3)nn2)CC1)C(C)C. The van der Waals surface area contributed by atoms with Gasteiger partial charge < -0.3 is 14.7 Å². The summed E-state index contributed by atoms with van der Waals surface area (Å²) in [5, 5.41) is 8.70. The Morgan fingerprint density at radius 1 is 1.00 bits per heavy atom. The second-order valence-corrected chi connectivity index (χ2v) is 7.25. The molecular weight excluding hydrogens is 354 g/mol. The topological polar surface area (TPSA) is 69.6 Å². The summed E-state index contributed by atoms with van der Waals surface area (Å²) in [6.45, 7) is 8.12. The van der Waals surface area contributed by atoms with Gasteiger partial charge in [-0.05, 0) is 26.0 Å². The van der Waals surface area contributed by atoms with E-state index in [0.717, 1.165) is 17.1 Å². The fourth-order valence-electron chi connectivity index (χ4n) is 3.34. The van der Waals surface area contributed by atoms with Crippen molar-refractivity contribution in [3.05, 3.63) is 42.5 Å². The maximum Gasteiger partial charge on any atom is 0.242 e. The standard InChI is InChI=1S/C21H27N5O2/c1-16(2)26(17(3)27)15-21(28)25-13-11-24(12-14-25)20-10-9-19(22-23-20)18-7-5-4-6-8-18/h4-10,16H,11-15H2,1-3H3. The van der Waals surface area contributed by atoms with Crippen molar-refractivity contribution in [1.82, 2.24) is 20.0 Å². The monoisotopic (exact) mass is 381 g/mol. The van der Waals surface area contributed by atoms with Gasteiger partial charge >= 0.3 is 0 Å². The van der Waals surface area contributed by atoms with Gasteiger partial charge in [0.2, 0.25) is 11.8 Å². The number of amides is 2. The normalized spacial score (nSPS) is 14.3. The van der Waals surface area contributed by atoms with E-state index in [0.29, 0.717) is 26.2 Å². The van der Waals surface area contributed by atoms with Crippen LogP contribution >= 0.6 is 0 Å². The van der Waals surface area contributed by atoms with Crippen molar-refractivity contribution in [2.24, 2.45) is 0 Å². The molecule has 2 heterocycles. The van der Waals surface area contributed by atoms with Gasteiger partial charge in [-0.1, -0.05) is 30.3 Å². The first-order valence-electron chi connectivity index (χ1n) is 9.65. The average molecular weight is 381 g/mol. The summed E-state index contributed by atoms with van der Waals surface area (Å²) in [6, 6.07) is 13.9. The molecule has 28 heavy (non-hydrogen) atoms. The van der Waals surface area contributed by atoms with Crippen LogP contribution in [0.3, 0.4) is 0 Å². The molecule has 0 bridgehead atoms. The van der Waals surface area contributed by atoms with Crippen LogP contribution in [0.1, 0.15) is 20.8 Å². The largest absolute Gasteiger partial charge is 0.352 e. The van der Waals surface area contributed by atoms with E-state index < -0.39 is 0 Å². The molecule has 0 radical (unpaired) electrons. The Hall–Kier alpha value is -2.96. The zero-order chi connectivity index (χ0) is 20.1. The third-order valence-electron chi connectivity index (χ3n) is 5.01. The molecule has 1 aliphatic rings. The molecule has 7 heteroatoms. The average Bonchev–Trinajstić information content (AvgIpc) is 2.72. The third kappa shape index (κ3) is 4.65. The van der Waals surface area contributed by atoms with Gasteiger partial charge in [-0.15, -0.1) is 10.2 Å². The highest BCUT2D eigenvalue weighted by Gasteiger charge is 2.25. The highest BCUT2D eigenvalue weighted by Crippen LogP contribution is 2.19. The van der Waals surface area contributed by atoms with Gasteiger partial charge in [-0.25, -0.2) is 0 Å². The van der Waals surface area contributed by atoms with Crippen LogP contribution in [0.15, 0.2) is 42.5 Å². The number of benzene rings is 1. The van der Waals surface area contributed by atoms with E-state index in [4.69, 9.17) is 0 Å². The van der Waals surface area contributed by atoms with E-state index in [-0.39, 0.29) is 24.4 Å². The fourth-order valence-corrected chi connectivity index (χ4v) is 3.34. The minimum Gasteiger partial charge on any atom is -0.352 e. The van der Waals surface area contributed by atoms with Gasteiger partial charge in [-0.3, -0.25) is 9.59 Å². The summed E-state index contributed by atoms with van der Waals surface area (Å²) in [4.78, 5) is 29.8. The van der Waals surface area contributed by atoms with Crippen LogP contribution in [-0.2, 0) is 9.59 Å². The molecule has 1 fully saturated rings. The van der Waals surface area contributed by atoms with Gasteiger partial charge in [-0.2, -0.15) is 0 Å². The summed E-state index contributed by atoms with van der Waals surface area (Å²) in [5.74, 6) is 0.740. The molecule has 0 spiro atoms. The lowest BCUT2D eigenvalue weighted by Crippen LogP contribution is -2.52. The highest BCUT2D eigenvalue weighted by atomic mass is 16.2. The molecule has 0 saturated carbocycles. The van der Waals surface area contributed by atoms with E-state index in [1.807, 2.05) is 61.2 Å². The van der Waals surface area contributed by atoms with Crippen LogP contribution in [0, 0.1) is 0 Å². The van der Waals surface area contributed by atoms with Gasteiger partial charge in [0.05, 0.1) is 12.2 Å². The molecule has 1 aliphatic heterocycles. The number of piperazine rings is 1. The second-order valence-electron chi connectivity index (χ2n) is 7.25. The first-order valence-corrected chi connectivity index (χ1v) is 9.65. The Balaban J connectivity index is 1.56. The molecule has 0 unspecified atom stereocenters.